The van der Waals surface area contributed by atoms with Crippen LogP contribution in [0, 0.1) is 0 Å². The van der Waals surface area contributed by atoms with Crippen LogP contribution in [0.5, 0.6) is 0 Å². The van der Waals surface area contributed by atoms with Crippen molar-refractivity contribution in [1.82, 2.24) is 10.0 Å². The van der Waals surface area contributed by atoms with E-state index in [0.29, 0.717) is 5.70 Å². The largest absolute Gasteiger partial charge is 0.313 e. The maximum absolute atomic E-state index is 11.6. The second-order valence-electron chi connectivity index (χ2n) is 3.72. The summed E-state index contributed by atoms with van der Waals surface area (Å²) < 4.78 is 0. The number of carbonyl (C=O) groups excluding carboxylic acids is 2. The van der Waals surface area contributed by atoms with Crippen LogP contribution in [0.2, 0.25) is 0 Å². The molecule has 0 unspecified atom stereocenters. The zero-order chi connectivity index (χ0) is 11.7. The van der Waals surface area contributed by atoms with Gasteiger partial charge in [-0.15, -0.1) is 0 Å². The third-order valence-corrected chi connectivity index (χ3v) is 2.37. The van der Waals surface area contributed by atoms with E-state index in [9.17, 15) is 9.59 Å². The van der Waals surface area contributed by atoms with E-state index in [1.165, 1.54) is 11.1 Å². The van der Waals surface area contributed by atoms with Crippen LogP contribution in [0.3, 0.4) is 0 Å². The molecule has 1 aromatic rings. The summed E-state index contributed by atoms with van der Waals surface area (Å²) in [5, 5.41) is 2.98. The van der Waals surface area contributed by atoms with Gasteiger partial charge in [0, 0.05) is 20.2 Å². The van der Waals surface area contributed by atoms with E-state index >= 15 is 0 Å². The first-order valence-electron chi connectivity index (χ1n) is 4.94. The van der Waals surface area contributed by atoms with Gasteiger partial charge in [0.25, 0.3) is 0 Å². The van der Waals surface area contributed by atoms with E-state index in [4.69, 9.17) is 0 Å². The number of hydrazine groups is 1. The first-order valence-corrected chi connectivity index (χ1v) is 4.94. The SMILES string of the molecule is CN(C)N1C(=O)C(=O)C=C1c1ccccc1. The van der Waals surface area contributed by atoms with Gasteiger partial charge in [0.2, 0.25) is 5.78 Å². The monoisotopic (exact) mass is 216 g/mol. The molecule has 1 aliphatic rings. The molecular weight excluding hydrogens is 204 g/mol. The van der Waals surface area contributed by atoms with Crippen molar-refractivity contribution >= 4 is 17.4 Å². The molecule has 16 heavy (non-hydrogen) atoms. The molecule has 1 aromatic carbocycles. The molecule has 0 radical (unpaired) electrons. The van der Waals surface area contributed by atoms with Gasteiger partial charge in [-0.05, 0) is 5.56 Å². The summed E-state index contributed by atoms with van der Waals surface area (Å²) in [7, 11) is 3.46. The summed E-state index contributed by atoms with van der Waals surface area (Å²) in [6.07, 6.45) is 1.37. The van der Waals surface area contributed by atoms with Crippen LogP contribution in [-0.2, 0) is 9.59 Å². The predicted octanol–water partition coefficient (Wildman–Crippen LogP) is 0.915. The molecule has 1 aliphatic heterocycles. The van der Waals surface area contributed by atoms with E-state index in [1.54, 1.807) is 19.1 Å². The van der Waals surface area contributed by atoms with E-state index in [1.807, 2.05) is 30.3 Å². The zero-order valence-electron chi connectivity index (χ0n) is 9.18. The van der Waals surface area contributed by atoms with Crippen LogP contribution in [0.1, 0.15) is 5.56 Å². The highest BCUT2D eigenvalue weighted by molar-refractivity contribution is 6.46. The van der Waals surface area contributed by atoms with Crippen LogP contribution in [0.25, 0.3) is 5.70 Å². The summed E-state index contributed by atoms with van der Waals surface area (Å²) in [6.45, 7) is 0. The minimum atomic E-state index is -0.510. The molecule has 0 saturated heterocycles. The second-order valence-corrected chi connectivity index (χ2v) is 3.72. The van der Waals surface area contributed by atoms with Crippen molar-refractivity contribution in [3.05, 3.63) is 42.0 Å². The lowest BCUT2D eigenvalue weighted by Gasteiger charge is -2.26. The van der Waals surface area contributed by atoms with Crippen LogP contribution < -0.4 is 0 Å². The maximum Gasteiger partial charge on any atom is 0.313 e. The standard InChI is InChI=1S/C12H12N2O2/c1-13(2)14-10(8-11(15)12(14)16)9-6-4-3-5-7-9/h3-8H,1-2H3. The highest BCUT2D eigenvalue weighted by Gasteiger charge is 2.33. The Balaban J connectivity index is 2.44. The van der Waals surface area contributed by atoms with Crippen LogP contribution in [-0.4, -0.2) is 35.8 Å². The molecule has 0 saturated carbocycles. The third kappa shape index (κ3) is 1.63. The second kappa shape index (κ2) is 3.90. The lowest BCUT2D eigenvalue weighted by atomic mass is 10.1. The number of hydrogen-bond acceptors (Lipinski definition) is 3. The van der Waals surface area contributed by atoms with Gasteiger partial charge in [-0.2, -0.15) is 0 Å². The molecule has 82 valence electrons. The average molecular weight is 216 g/mol. The Kier molecular flexibility index (Phi) is 2.58. The molecule has 0 bridgehead atoms. The van der Waals surface area contributed by atoms with Crippen molar-refractivity contribution < 1.29 is 9.59 Å². The summed E-state index contributed by atoms with van der Waals surface area (Å²) in [6, 6.07) is 9.37. The maximum atomic E-state index is 11.6. The Bertz CT molecular complexity index is 463. The number of benzene rings is 1. The normalized spacial score (nSPS) is 15.9. The molecule has 2 rings (SSSR count). The number of carbonyl (C=O) groups is 2. The number of rotatable bonds is 2. The fourth-order valence-corrected chi connectivity index (χ4v) is 1.67. The van der Waals surface area contributed by atoms with Gasteiger partial charge in [-0.1, -0.05) is 30.3 Å². The van der Waals surface area contributed by atoms with E-state index < -0.39 is 11.7 Å². The topological polar surface area (TPSA) is 40.6 Å². The molecule has 0 spiro atoms. The Labute approximate surface area is 93.7 Å². The molecule has 4 heteroatoms. The molecular formula is C12H12N2O2. The van der Waals surface area contributed by atoms with Crippen LogP contribution in [0.15, 0.2) is 36.4 Å². The summed E-state index contributed by atoms with van der Waals surface area (Å²) >= 11 is 0. The number of hydrogen-bond donors (Lipinski definition) is 0. The highest BCUT2D eigenvalue weighted by Crippen LogP contribution is 2.25. The van der Waals surface area contributed by atoms with Crippen molar-refractivity contribution in [2.24, 2.45) is 0 Å². The van der Waals surface area contributed by atoms with Crippen molar-refractivity contribution in [1.29, 1.82) is 0 Å². The minimum absolute atomic E-state index is 0.479. The molecule has 1 heterocycles. The van der Waals surface area contributed by atoms with Gasteiger partial charge >= 0.3 is 5.91 Å². The highest BCUT2D eigenvalue weighted by atomic mass is 16.2. The minimum Gasteiger partial charge on any atom is -0.284 e. The summed E-state index contributed by atoms with van der Waals surface area (Å²) in [5.41, 5.74) is 1.48. The Morgan fingerprint density at radius 1 is 1.06 bits per heavy atom. The lowest BCUT2D eigenvalue weighted by Crippen LogP contribution is -2.39. The van der Waals surface area contributed by atoms with Crippen molar-refractivity contribution in [3.63, 3.8) is 0 Å². The number of nitrogens with zero attached hydrogens (tertiary/aromatic N) is 2. The van der Waals surface area contributed by atoms with Gasteiger partial charge in [0.15, 0.2) is 0 Å². The van der Waals surface area contributed by atoms with Crippen molar-refractivity contribution in [2.45, 2.75) is 0 Å². The average Bonchev–Trinajstić information content (AvgIpc) is 2.57. The molecule has 0 aliphatic carbocycles. The van der Waals surface area contributed by atoms with Gasteiger partial charge in [0.1, 0.15) is 0 Å². The van der Waals surface area contributed by atoms with Gasteiger partial charge < -0.3 is 0 Å². The summed E-state index contributed by atoms with van der Waals surface area (Å²) in [4.78, 5) is 23.0. The molecule has 0 N–H and O–H groups in total. The Morgan fingerprint density at radius 2 is 1.69 bits per heavy atom. The molecule has 0 aromatic heterocycles. The van der Waals surface area contributed by atoms with Crippen LogP contribution >= 0.6 is 0 Å². The third-order valence-electron chi connectivity index (χ3n) is 2.37. The lowest BCUT2D eigenvalue weighted by molar-refractivity contribution is -0.145. The van der Waals surface area contributed by atoms with Crippen LogP contribution in [0.4, 0.5) is 0 Å². The number of amides is 1. The first kappa shape index (κ1) is 10.6. The zero-order valence-corrected chi connectivity index (χ0v) is 9.18. The van der Waals surface area contributed by atoms with Gasteiger partial charge in [-0.3, -0.25) is 9.59 Å². The number of ketones is 1. The molecule has 0 fully saturated rings. The van der Waals surface area contributed by atoms with Crippen molar-refractivity contribution in [3.8, 4) is 0 Å². The van der Waals surface area contributed by atoms with Gasteiger partial charge in [-0.25, -0.2) is 10.0 Å². The molecule has 0 atom stereocenters. The summed E-state index contributed by atoms with van der Waals surface area (Å²) in [5.74, 6) is -0.989. The first-order chi connectivity index (χ1) is 7.61. The van der Waals surface area contributed by atoms with Gasteiger partial charge in [0.05, 0.1) is 5.70 Å². The fraction of sp³-hybridized carbons (Fsp3) is 0.167. The Hall–Kier alpha value is -1.94. The fourth-order valence-electron chi connectivity index (χ4n) is 1.67. The quantitative estimate of drug-likeness (QED) is 0.690. The smallest absolute Gasteiger partial charge is 0.284 e. The van der Waals surface area contributed by atoms with E-state index in [0.717, 1.165) is 5.56 Å². The predicted molar refractivity (Wildman–Crippen MR) is 60.0 cm³/mol. The Morgan fingerprint density at radius 3 is 2.25 bits per heavy atom. The van der Waals surface area contributed by atoms with E-state index in [2.05, 4.69) is 0 Å². The van der Waals surface area contributed by atoms with Crippen molar-refractivity contribution in [2.75, 3.05) is 14.1 Å². The van der Waals surface area contributed by atoms with E-state index in [-0.39, 0.29) is 0 Å². The molecule has 1 amide bonds. The molecule has 4 nitrogen and oxygen atoms in total.